The molecule has 2 amide bonds. The van der Waals surface area contributed by atoms with Crippen molar-refractivity contribution >= 4 is 63.5 Å². The van der Waals surface area contributed by atoms with E-state index in [1.165, 1.54) is 35.1 Å². The molecule has 5 aromatic rings. The number of carboxylic acid groups (broad SMARTS) is 1. The van der Waals surface area contributed by atoms with Crippen LogP contribution in [-0.2, 0) is 24.8 Å². The van der Waals surface area contributed by atoms with Crippen LogP contribution in [0.2, 0.25) is 0 Å². The minimum absolute atomic E-state index is 0.137. The standard InChI is InChI=1S/C34H30N10O5S3/c1-49-40-25(28(45)37-26-29(46)43-27(31(47)48)20(17-50-30(26)43)18-52-33-39-41-42-44(33)35)24-19-51-32(36-24)38-34(21-11-5-2-6-12-21,22-13-7-3-8-14-22)23-15-9-4-10-16-23/h2-16,19,26,30H,17-18,35H2,1H3,(H,36,38)(H,37,45)(H,47,48)/b40-25-/t26-,30+/m1/s1. The summed E-state index contributed by atoms with van der Waals surface area (Å²) in [7, 11) is 1.31. The number of anilines is 1. The van der Waals surface area contributed by atoms with Crippen molar-refractivity contribution < 1.29 is 24.3 Å². The van der Waals surface area contributed by atoms with Gasteiger partial charge in [0.15, 0.2) is 10.8 Å². The molecule has 0 bridgehead atoms. The van der Waals surface area contributed by atoms with Gasteiger partial charge in [0.25, 0.3) is 11.8 Å². The van der Waals surface area contributed by atoms with Crippen molar-refractivity contribution in [1.82, 2.24) is 35.5 Å². The van der Waals surface area contributed by atoms with Gasteiger partial charge in [-0.15, -0.1) is 27.9 Å². The second kappa shape index (κ2) is 14.9. The number of carbonyl (C=O) groups is 3. The van der Waals surface area contributed by atoms with E-state index in [1.54, 1.807) is 5.38 Å². The van der Waals surface area contributed by atoms with Crippen molar-refractivity contribution in [3.8, 4) is 0 Å². The Morgan fingerprint density at radius 1 is 1.04 bits per heavy atom. The Hall–Kier alpha value is -5.72. The summed E-state index contributed by atoms with van der Waals surface area (Å²) >= 11 is 3.77. The number of amides is 2. The lowest BCUT2D eigenvalue weighted by molar-refractivity contribution is -0.150. The Morgan fingerprint density at radius 3 is 2.19 bits per heavy atom. The number of tetrazole rings is 1. The van der Waals surface area contributed by atoms with E-state index in [9.17, 15) is 19.5 Å². The highest BCUT2D eigenvalue weighted by atomic mass is 32.2. The first-order chi connectivity index (χ1) is 25.3. The summed E-state index contributed by atoms with van der Waals surface area (Å²) in [5.41, 5.74) is 2.51. The Bertz CT molecular complexity index is 2060. The molecule has 4 heterocycles. The molecule has 7 rings (SSSR count). The zero-order chi connectivity index (χ0) is 36.2. The molecule has 3 aromatic carbocycles. The van der Waals surface area contributed by atoms with Crippen LogP contribution >= 0.6 is 34.9 Å². The van der Waals surface area contributed by atoms with Gasteiger partial charge in [-0.3, -0.25) is 14.5 Å². The number of hydrogen-bond acceptors (Lipinski definition) is 14. The molecule has 0 aliphatic carbocycles. The maximum absolute atomic E-state index is 13.7. The molecule has 15 nitrogen and oxygen atoms in total. The van der Waals surface area contributed by atoms with Crippen LogP contribution in [-0.4, -0.2) is 88.8 Å². The molecule has 2 aromatic heterocycles. The zero-order valence-electron chi connectivity index (χ0n) is 27.3. The minimum atomic E-state index is -1.26. The van der Waals surface area contributed by atoms with Crippen LogP contribution in [0.4, 0.5) is 5.13 Å². The van der Waals surface area contributed by atoms with Gasteiger partial charge in [0.05, 0.1) is 0 Å². The van der Waals surface area contributed by atoms with E-state index >= 15 is 0 Å². The lowest BCUT2D eigenvalue weighted by Crippen LogP contribution is -2.71. The maximum Gasteiger partial charge on any atom is 0.352 e. The van der Waals surface area contributed by atoms with Gasteiger partial charge >= 0.3 is 5.97 Å². The summed E-state index contributed by atoms with van der Waals surface area (Å²) in [6, 6.07) is 29.0. The topological polar surface area (TPSA) is 203 Å². The summed E-state index contributed by atoms with van der Waals surface area (Å²) < 4.78 is 0. The molecule has 2 aliphatic heterocycles. The molecule has 0 spiro atoms. The number of carboxylic acids is 1. The van der Waals surface area contributed by atoms with Crippen LogP contribution in [0.1, 0.15) is 22.4 Å². The number of fused-ring (bicyclic) bond motifs is 1. The zero-order valence-corrected chi connectivity index (χ0v) is 29.8. The van der Waals surface area contributed by atoms with Crippen LogP contribution < -0.4 is 16.5 Å². The molecule has 18 heteroatoms. The van der Waals surface area contributed by atoms with Crippen molar-refractivity contribution in [2.24, 2.45) is 5.16 Å². The number of nitrogens with one attached hydrogen (secondary N) is 2. The molecule has 1 fully saturated rings. The third-order valence-electron chi connectivity index (χ3n) is 8.43. The summed E-state index contributed by atoms with van der Waals surface area (Å²) in [5.74, 6) is 3.66. The van der Waals surface area contributed by atoms with Gasteiger partial charge in [0, 0.05) is 16.9 Å². The summed E-state index contributed by atoms with van der Waals surface area (Å²) in [6.45, 7) is 0. The van der Waals surface area contributed by atoms with Gasteiger partial charge in [0.1, 0.15) is 35.5 Å². The normalized spacial score (nSPS) is 17.3. The fraction of sp³-hybridized carbons (Fsp3) is 0.176. The number of oxime groups is 1. The first-order valence-electron chi connectivity index (χ1n) is 15.7. The quantitative estimate of drug-likeness (QED) is 0.0341. The van der Waals surface area contributed by atoms with E-state index in [0.29, 0.717) is 21.6 Å². The lowest BCUT2D eigenvalue weighted by Gasteiger charge is -2.49. The number of benzene rings is 3. The molecule has 0 saturated carbocycles. The van der Waals surface area contributed by atoms with Crippen LogP contribution in [0, 0.1) is 0 Å². The number of rotatable bonds is 13. The van der Waals surface area contributed by atoms with Crippen LogP contribution in [0.5, 0.6) is 0 Å². The monoisotopic (exact) mass is 754 g/mol. The van der Waals surface area contributed by atoms with Crippen LogP contribution in [0.3, 0.4) is 0 Å². The second-order valence-corrected chi connectivity index (χ2v) is 14.4. The first kappa shape index (κ1) is 34.7. The largest absolute Gasteiger partial charge is 0.477 e. The van der Waals surface area contributed by atoms with E-state index in [0.717, 1.165) is 33.2 Å². The predicted octanol–water partition coefficient (Wildman–Crippen LogP) is 3.13. The number of aromatic nitrogens is 5. The molecule has 52 heavy (non-hydrogen) atoms. The minimum Gasteiger partial charge on any atom is -0.477 e. The average molecular weight is 755 g/mol. The van der Waals surface area contributed by atoms with Gasteiger partial charge < -0.3 is 26.4 Å². The highest BCUT2D eigenvalue weighted by Crippen LogP contribution is 2.42. The van der Waals surface area contributed by atoms with E-state index in [4.69, 9.17) is 15.7 Å². The van der Waals surface area contributed by atoms with E-state index < -0.39 is 34.7 Å². The number of thiazole rings is 1. The number of hydrogen-bond donors (Lipinski definition) is 4. The average Bonchev–Trinajstić information content (AvgIpc) is 3.82. The van der Waals surface area contributed by atoms with E-state index in [2.05, 4.69) is 31.3 Å². The molecule has 2 atom stereocenters. The number of β-lactam (4-membered cyclic amide) rings is 1. The van der Waals surface area contributed by atoms with Crippen LogP contribution in [0.25, 0.3) is 0 Å². The molecule has 5 N–H and O–H groups in total. The van der Waals surface area contributed by atoms with Gasteiger partial charge in [-0.25, -0.2) is 9.78 Å². The van der Waals surface area contributed by atoms with Gasteiger partial charge in [-0.2, -0.15) is 0 Å². The number of thioether (sulfide) groups is 2. The Balaban J connectivity index is 1.13. The summed E-state index contributed by atoms with van der Waals surface area (Å²) in [4.78, 5) is 51.5. The molecule has 264 valence electrons. The number of nitrogens with two attached hydrogens (primary N) is 1. The molecule has 2 aliphatic rings. The number of aliphatic carboxylic acids is 1. The van der Waals surface area contributed by atoms with Crippen molar-refractivity contribution in [2.45, 2.75) is 22.1 Å². The van der Waals surface area contributed by atoms with Crippen molar-refractivity contribution in [1.29, 1.82) is 0 Å². The van der Waals surface area contributed by atoms with Crippen LogP contribution in [0.15, 0.2) is 118 Å². The summed E-state index contributed by atoms with van der Waals surface area (Å²) in [5, 5.41) is 33.1. The molecule has 0 unspecified atom stereocenters. The molecule has 1 saturated heterocycles. The van der Waals surface area contributed by atoms with Gasteiger partial charge in [0.2, 0.25) is 5.16 Å². The SMILES string of the molecule is CO/N=C(\C(=O)N[C@@H]1C(=O)N2C(C(=O)O)=C(CSc3nnnn3N)CS[C@@H]12)c1csc(NC(c2ccccc2)(c2ccccc2)c2ccccc2)n1. The first-order valence-corrected chi connectivity index (χ1v) is 18.6. The molecular weight excluding hydrogens is 725 g/mol. The Morgan fingerprint density at radius 2 is 1.65 bits per heavy atom. The third kappa shape index (κ3) is 6.46. The fourth-order valence-electron chi connectivity index (χ4n) is 6.11. The maximum atomic E-state index is 13.7. The van der Waals surface area contributed by atoms with E-state index in [-0.39, 0.29) is 22.9 Å². The van der Waals surface area contributed by atoms with Gasteiger partial charge in [-0.1, -0.05) is 113 Å². The third-order valence-corrected chi connectivity index (χ3v) is 11.6. The Labute approximate surface area is 309 Å². The number of carbonyl (C=O) groups excluding carboxylic acids is 2. The highest BCUT2D eigenvalue weighted by Gasteiger charge is 2.54. The van der Waals surface area contributed by atoms with Crippen molar-refractivity contribution in [2.75, 3.05) is 29.8 Å². The summed E-state index contributed by atoms with van der Waals surface area (Å²) in [6.07, 6.45) is 0. The fourth-order valence-corrected chi connectivity index (χ4v) is 9.14. The Kier molecular flexibility index (Phi) is 9.92. The molecule has 0 radical (unpaired) electrons. The van der Waals surface area contributed by atoms with Gasteiger partial charge in [-0.05, 0) is 32.7 Å². The smallest absolute Gasteiger partial charge is 0.352 e. The number of nitrogen functional groups attached to an aromatic ring is 1. The molecular formula is C34H30N10O5S3. The number of nitrogens with zero attached hydrogens (tertiary/aromatic N) is 7. The highest BCUT2D eigenvalue weighted by molar-refractivity contribution is 8.01. The second-order valence-electron chi connectivity index (χ2n) is 11.4. The van der Waals surface area contributed by atoms with Crippen molar-refractivity contribution in [3.63, 3.8) is 0 Å². The predicted molar refractivity (Wildman–Crippen MR) is 197 cm³/mol. The van der Waals surface area contributed by atoms with Crippen molar-refractivity contribution in [3.05, 3.63) is 130 Å². The lowest BCUT2D eigenvalue weighted by atomic mass is 9.77. The van der Waals surface area contributed by atoms with E-state index in [1.807, 2.05) is 91.0 Å².